The molecule has 9 atom stereocenters. The fraction of sp³-hybridized carbons (Fsp3) is 0.815. The second-order valence-corrected chi connectivity index (χ2v) is 12.3. The number of rotatable bonds is 8. The minimum atomic E-state index is -0.584. The van der Waals surface area contributed by atoms with E-state index in [1.165, 1.54) is 5.57 Å². The summed E-state index contributed by atoms with van der Waals surface area (Å²) in [6, 6.07) is 0. The van der Waals surface area contributed by atoms with E-state index in [-0.39, 0.29) is 46.9 Å². The number of aliphatic hydroxyl groups excluding tert-OH is 2. The molecule has 0 aromatic rings. The van der Waals surface area contributed by atoms with Crippen LogP contribution >= 0.6 is 15.9 Å². The number of fused-ring (bicyclic) bond motifs is 5. The number of halogens is 1. The summed E-state index contributed by atoms with van der Waals surface area (Å²) in [4.78, 5) is 23.4. The summed E-state index contributed by atoms with van der Waals surface area (Å²) in [7, 11) is 0. The topological polar surface area (TPSA) is 85.2 Å². The normalized spacial score (nSPS) is 43.2. The number of aliphatic hydroxyl groups is 2. The first-order valence-corrected chi connectivity index (χ1v) is 14.0. The zero-order valence-corrected chi connectivity index (χ0v) is 22.4. The molecular formula is C27H41BrO6. The van der Waals surface area contributed by atoms with Gasteiger partial charge >= 0.3 is 5.97 Å². The number of esters is 1. The first kappa shape index (κ1) is 26.2. The molecule has 3 fully saturated rings. The van der Waals surface area contributed by atoms with Gasteiger partial charge in [0.15, 0.2) is 0 Å². The van der Waals surface area contributed by atoms with Crippen LogP contribution in [0.1, 0.15) is 78.6 Å². The van der Waals surface area contributed by atoms with E-state index in [1.54, 1.807) is 6.92 Å². The highest BCUT2D eigenvalue weighted by molar-refractivity contribution is 9.09. The third-order valence-corrected chi connectivity index (χ3v) is 10.2. The summed E-state index contributed by atoms with van der Waals surface area (Å²) in [6.45, 7) is 10.1. The molecule has 192 valence electrons. The van der Waals surface area contributed by atoms with Gasteiger partial charge < -0.3 is 19.8 Å². The fourth-order valence-corrected chi connectivity index (χ4v) is 8.64. The zero-order chi connectivity index (χ0) is 24.7. The highest BCUT2D eigenvalue weighted by atomic mass is 79.9. The summed E-state index contributed by atoms with van der Waals surface area (Å²) in [6.07, 6.45) is 8.28. The van der Waals surface area contributed by atoms with Crippen LogP contribution in [-0.4, -0.2) is 45.9 Å². The number of hydrogen-bond acceptors (Lipinski definition) is 6. The molecule has 2 N–H and O–H groups in total. The number of hydrogen-bond donors (Lipinski definition) is 2. The van der Waals surface area contributed by atoms with Gasteiger partial charge in [0.25, 0.3) is 0 Å². The largest absolute Gasteiger partial charge is 0.460 e. The zero-order valence-electron chi connectivity index (χ0n) is 20.8. The minimum Gasteiger partial charge on any atom is -0.460 e. The van der Waals surface area contributed by atoms with E-state index >= 15 is 0 Å². The van der Waals surface area contributed by atoms with Crippen molar-refractivity contribution >= 4 is 21.9 Å². The van der Waals surface area contributed by atoms with Gasteiger partial charge in [-0.05, 0) is 68.1 Å². The molecule has 0 amide bonds. The molecule has 0 saturated heterocycles. The molecule has 4 unspecified atom stereocenters. The van der Waals surface area contributed by atoms with Crippen LogP contribution in [0.4, 0.5) is 0 Å². The number of allylic oxidation sites excluding steroid dienone is 1. The molecule has 3 saturated carbocycles. The maximum Gasteiger partial charge on any atom is 0.305 e. The smallest absolute Gasteiger partial charge is 0.305 e. The van der Waals surface area contributed by atoms with Crippen molar-refractivity contribution in [1.29, 1.82) is 0 Å². The van der Waals surface area contributed by atoms with Crippen molar-refractivity contribution in [2.75, 3.05) is 6.61 Å². The standard InChI is InChI=1S/C27H41BrO6/c1-5-7-16(3)33-34-18-8-10-26(4)17(12-18)13-22(30)24-19(26)9-11-27(15-29)20(24)14-21(28)25(27)32-23(31)6-2/h13,18-22,24-25,29-30H,3,5-12,14-15H2,1-2,4H3/t18-,19?,20?,21+,22?,24?,25-,26-,27+/m0/s1. The van der Waals surface area contributed by atoms with Crippen molar-refractivity contribution < 1.29 is 29.5 Å². The third kappa shape index (κ3) is 4.39. The SMILES string of the molecule is C=C(CCC)OO[C@H]1CC[C@@]2(C)C(=CC(O)C3C4C[C@@H](Br)[C@H](OC(=O)CC)[C@@]4(CO)CCC32)C1. The number of alkyl halides is 1. The maximum absolute atomic E-state index is 12.2. The average molecular weight is 542 g/mol. The summed E-state index contributed by atoms with van der Waals surface area (Å²) < 4.78 is 5.88. The van der Waals surface area contributed by atoms with Crippen LogP contribution in [0.2, 0.25) is 0 Å². The van der Waals surface area contributed by atoms with Gasteiger partial charge in [-0.3, -0.25) is 4.79 Å². The molecule has 4 aliphatic rings. The number of carbonyl (C=O) groups is 1. The van der Waals surface area contributed by atoms with Crippen molar-refractivity contribution in [2.24, 2.45) is 28.6 Å². The van der Waals surface area contributed by atoms with Crippen LogP contribution in [-0.2, 0) is 19.3 Å². The predicted molar refractivity (Wildman–Crippen MR) is 133 cm³/mol. The Hall–Kier alpha value is -0.890. The molecule has 0 radical (unpaired) electrons. The van der Waals surface area contributed by atoms with E-state index in [1.807, 2.05) is 0 Å². The van der Waals surface area contributed by atoms with Crippen LogP contribution in [0.3, 0.4) is 0 Å². The van der Waals surface area contributed by atoms with Gasteiger partial charge in [0.1, 0.15) is 18.0 Å². The highest BCUT2D eigenvalue weighted by Crippen LogP contribution is 2.66. The molecule has 7 heteroatoms. The molecule has 0 heterocycles. The molecule has 34 heavy (non-hydrogen) atoms. The van der Waals surface area contributed by atoms with Gasteiger partial charge in [0, 0.05) is 18.3 Å². The molecule has 0 spiro atoms. The Balaban J connectivity index is 1.55. The summed E-state index contributed by atoms with van der Waals surface area (Å²) in [5, 5.41) is 22.1. The Bertz CT molecular complexity index is 813. The monoisotopic (exact) mass is 540 g/mol. The highest BCUT2D eigenvalue weighted by Gasteiger charge is 2.65. The summed E-state index contributed by atoms with van der Waals surface area (Å²) >= 11 is 3.77. The third-order valence-electron chi connectivity index (χ3n) is 9.39. The van der Waals surface area contributed by atoms with E-state index in [2.05, 4.69) is 42.4 Å². The Kier molecular flexibility index (Phi) is 7.88. The van der Waals surface area contributed by atoms with E-state index < -0.39 is 11.5 Å². The first-order chi connectivity index (χ1) is 16.2. The Morgan fingerprint density at radius 1 is 1.26 bits per heavy atom. The Morgan fingerprint density at radius 2 is 2.03 bits per heavy atom. The van der Waals surface area contributed by atoms with Crippen molar-refractivity contribution in [3.63, 3.8) is 0 Å². The second kappa shape index (κ2) is 10.2. The number of ether oxygens (including phenoxy) is 1. The first-order valence-electron chi connectivity index (χ1n) is 13.0. The fourth-order valence-electron chi connectivity index (χ4n) is 7.60. The molecule has 0 aliphatic heterocycles. The Labute approximate surface area is 212 Å². The van der Waals surface area contributed by atoms with Gasteiger partial charge in [0.2, 0.25) is 0 Å². The van der Waals surface area contributed by atoms with Gasteiger partial charge in [-0.2, -0.15) is 4.89 Å². The summed E-state index contributed by atoms with van der Waals surface area (Å²) in [5.41, 5.74) is 0.753. The van der Waals surface area contributed by atoms with Gasteiger partial charge in [-0.25, -0.2) is 0 Å². The lowest BCUT2D eigenvalue weighted by atomic mass is 9.47. The average Bonchev–Trinajstić information content (AvgIpc) is 3.10. The second-order valence-electron chi connectivity index (χ2n) is 11.2. The maximum atomic E-state index is 12.2. The van der Waals surface area contributed by atoms with Crippen LogP contribution < -0.4 is 0 Å². The van der Waals surface area contributed by atoms with Crippen LogP contribution in [0.5, 0.6) is 0 Å². The molecule has 0 aromatic heterocycles. The van der Waals surface area contributed by atoms with Gasteiger partial charge in [0.05, 0.1) is 17.5 Å². The molecule has 4 aliphatic carbocycles. The molecule has 6 nitrogen and oxygen atoms in total. The van der Waals surface area contributed by atoms with E-state index in [0.717, 1.165) is 51.4 Å². The van der Waals surface area contributed by atoms with Crippen molar-refractivity contribution in [1.82, 2.24) is 0 Å². The lowest BCUT2D eigenvalue weighted by molar-refractivity contribution is -0.301. The molecule has 0 aromatic carbocycles. The summed E-state index contributed by atoms with van der Waals surface area (Å²) in [5.74, 6) is 0.882. The Morgan fingerprint density at radius 3 is 2.71 bits per heavy atom. The van der Waals surface area contributed by atoms with E-state index in [4.69, 9.17) is 14.5 Å². The lowest BCUT2D eigenvalue weighted by Gasteiger charge is -2.59. The van der Waals surface area contributed by atoms with Crippen molar-refractivity contribution in [2.45, 2.75) is 102 Å². The van der Waals surface area contributed by atoms with Crippen LogP contribution in [0, 0.1) is 28.6 Å². The number of carbonyl (C=O) groups excluding carboxylic acids is 1. The van der Waals surface area contributed by atoms with Gasteiger partial charge in [-0.15, -0.1) is 0 Å². The van der Waals surface area contributed by atoms with Crippen molar-refractivity contribution in [3.8, 4) is 0 Å². The quantitative estimate of drug-likeness (QED) is 0.110. The predicted octanol–water partition coefficient (Wildman–Crippen LogP) is 5.22. The van der Waals surface area contributed by atoms with Crippen LogP contribution in [0.15, 0.2) is 24.0 Å². The van der Waals surface area contributed by atoms with E-state index in [0.29, 0.717) is 18.1 Å². The van der Waals surface area contributed by atoms with E-state index in [9.17, 15) is 15.0 Å². The molecule has 4 rings (SSSR count). The lowest BCUT2D eigenvalue weighted by Crippen LogP contribution is -2.57. The van der Waals surface area contributed by atoms with Crippen LogP contribution in [0.25, 0.3) is 0 Å². The molecule has 0 bridgehead atoms. The minimum absolute atomic E-state index is 0.00814. The van der Waals surface area contributed by atoms with Crippen molar-refractivity contribution in [3.05, 3.63) is 24.0 Å². The molecular weight excluding hydrogens is 500 g/mol. The van der Waals surface area contributed by atoms with Gasteiger partial charge in [-0.1, -0.05) is 54.9 Å².